The fraction of sp³-hybridized carbons (Fsp3) is 0.214. The van der Waals surface area contributed by atoms with Gasteiger partial charge in [-0.3, -0.25) is 0 Å². The van der Waals surface area contributed by atoms with E-state index in [2.05, 4.69) is 18.3 Å². The average molecular weight is 276 g/mol. The molecule has 0 aliphatic heterocycles. The number of hydrogen-bond donors (Lipinski definition) is 3. The van der Waals surface area contributed by atoms with Crippen LogP contribution in [-0.4, -0.2) is 11.1 Å². The number of nitrogen functional groups attached to an aromatic ring is 1. The third-order valence-corrected chi connectivity index (χ3v) is 3.91. The van der Waals surface area contributed by atoms with Crippen molar-refractivity contribution in [1.29, 1.82) is 0 Å². The second-order valence-electron chi connectivity index (χ2n) is 4.23. The summed E-state index contributed by atoms with van der Waals surface area (Å²) in [7, 11) is 0. The number of nitrogens with two attached hydrogens (primary N) is 1. The zero-order valence-electron chi connectivity index (χ0n) is 10.6. The average Bonchev–Trinajstić information content (AvgIpc) is 2.91. The number of carbonyl (C=O) groups is 1. The van der Waals surface area contributed by atoms with Crippen LogP contribution >= 0.6 is 11.3 Å². The van der Waals surface area contributed by atoms with Crippen molar-refractivity contribution in [2.75, 3.05) is 11.1 Å². The largest absolute Gasteiger partial charge is 0.478 e. The lowest BCUT2D eigenvalue weighted by molar-refractivity contribution is 0.0697. The zero-order chi connectivity index (χ0) is 13.8. The molecule has 1 aromatic heterocycles. The van der Waals surface area contributed by atoms with Gasteiger partial charge in [-0.2, -0.15) is 0 Å². The number of aromatic carboxylic acids is 1. The highest BCUT2D eigenvalue weighted by molar-refractivity contribution is 7.10. The molecule has 5 heteroatoms. The molecule has 100 valence electrons. The van der Waals surface area contributed by atoms with Gasteiger partial charge in [0.1, 0.15) is 0 Å². The van der Waals surface area contributed by atoms with Crippen LogP contribution in [0.5, 0.6) is 0 Å². The summed E-state index contributed by atoms with van der Waals surface area (Å²) in [6.45, 7) is 2.08. The first kappa shape index (κ1) is 13.4. The van der Waals surface area contributed by atoms with Crippen LogP contribution in [0.3, 0.4) is 0 Å². The Bertz CT molecular complexity index is 567. The van der Waals surface area contributed by atoms with Crippen molar-refractivity contribution in [3.05, 3.63) is 46.2 Å². The molecule has 1 aromatic carbocycles. The summed E-state index contributed by atoms with van der Waals surface area (Å²) in [6.07, 6.45) is 0.900. The summed E-state index contributed by atoms with van der Waals surface area (Å²) in [4.78, 5) is 12.2. The number of benzene rings is 1. The fourth-order valence-electron chi connectivity index (χ4n) is 1.87. The van der Waals surface area contributed by atoms with Gasteiger partial charge in [0, 0.05) is 4.88 Å². The lowest BCUT2D eigenvalue weighted by Crippen LogP contribution is -2.10. The molecule has 1 unspecified atom stereocenters. The number of rotatable bonds is 5. The van der Waals surface area contributed by atoms with Crippen LogP contribution in [0.1, 0.15) is 34.6 Å². The van der Waals surface area contributed by atoms with Crippen LogP contribution in [0.15, 0.2) is 35.7 Å². The van der Waals surface area contributed by atoms with E-state index in [1.165, 1.54) is 10.9 Å². The van der Waals surface area contributed by atoms with Gasteiger partial charge >= 0.3 is 5.97 Å². The predicted molar refractivity (Wildman–Crippen MR) is 78.8 cm³/mol. The Kier molecular flexibility index (Phi) is 4.06. The summed E-state index contributed by atoms with van der Waals surface area (Å²) >= 11 is 1.67. The van der Waals surface area contributed by atoms with Crippen molar-refractivity contribution in [2.24, 2.45) is 0 Å². The SMILES string of the molecule is CCC(Nc1cc(C(=O)O)ccc1N)c1cccs1. The molecule has 0 spiro atoms. The van der Waals surface area contributed by atoms with Crippen molar-refractivity contribution in [1.82, 2.24) is 0 Å². The number of carboxylic acids is 1. The van der Waals surface area contributed by atoms with Crippen molar-refractivity contribution < 1.29 is 9.90 Å². The predicted octanol–water partition coefficient (Wildman–Crippen LogP) is 3.59. The highest BCUT2D eigenvalue weighted by Crippen LogP contribution is 2.29. The van der Waals surface area contributed by atoms with Crippen molar-refractivity contribution in [3.63, 3.8) is 0 Å². The minimum atomic E-state index is -0.952. The molecule has 1 heterocycles. The summed E-state index contributed by atoms with van der Waals surface area (Å²) in [5.74, 6) is -0.952. The van der Waals surface area contributed by atoms with Crippen molar-refractivity contribution in [2.45, 2.75) is 19.4 Å². The fourth-order valence-corrected chi connectivity index (χ4v) is 2.73. The lowest BCUT2D eigenvalue weighted by Gasteiger charge is -2.18. The standard InChI is InChI=1S/C14H16N2O2S/c1-2-11(13-4-3-7-19-13)16-12-8-9(14(17)18)5-6-10(12)15/h3-8,11,16H,2,15H2,1H3,(H,17,18). The van der Waals surface area contributed by atoms with Crippen LogP contribution in [0.25, 0.3) is 0 Å². The highest BCUT2D eigenvalue weighted by Gasteiger charge is 2.13. The number of anilines is 2. The maximum Gasteiger partial charge on any atom is 0.335 e. The monoisotopic (exact) mass is 276 g/mol. The van der Waals surface area contributed by atoms with Gasteiger partial charge < -0.3 is 16.2 Å². The first-order valence-corrected chi connectivity index (χ1v) is 6.92. The van der Waals surface area contributed by atoms with Gasteiger partial charge in [-0.25, -0.2) is 4.79 Å². The number of thiophene rings is 1. The van der Waals surface area contributed by atoms with E-state index in [0.29, 0.717) is 11.4 Å². The molecule has 0 saturated carbocycles. The van der Waals surface area contributed by atoms with E-state index in [4.69, 9.17) is 10.8 Å². The molecular weight excluding hydrogens is 260 g/mol. The molecule has 2 aromatic rings. The molecule has 0 aliphatic rings. The van der Waals surface area contributed by atoms with Gasteiger partial charge in [0.2, 0.25) is 0 Å². The van der Waals surface area contributed by atoms with Crippen LogP contribution in [0.4, 0.5) is 11.4 Å². The second kappa shape index (κ2) is 5.75. The van der Waals surface area contributed by atoms with E-state index < -0.39 is 5.97 Å². The maximum absolute atomic E-state index is 11.0. The molecule has 19 heavy (non-hydrogen) atoms. The van der Waals surface area contributed by atoms with E-state index >= 15 is 0 Å². The number of hydrogen-bond acceptors (Lipinski definition) is 4. The third kappa shape index (κ3) is 3.06. The molecule has 0 radical (unpaired) electrons. The van der Waals surface area contributed by atoms with Gasteiger partial charge in [0.05, 0.1) is 23.0 Å². The Hall–Kier alpha value is -2.01. The van der Waals surface area contributed by atoms with E-state index in [1.807, 2.05) is 11.4 Å². The summed E-state index contributed by atoms with van der Waals surface area (Å²) in [5, 5.41) is 14.4. The molecule has 0 aliphatic carbocycles. The molecule has 0 amide bonds. The van der Waals surface area contributed by atoms with Crippen molar-refractivity contribution >= 4 is 28.7 Å². The van der Waals surface area contributed by atoms with Gasteiger partial charge in [-0.1, -0.05) is 13.0 Å². The normalized spacial score (nSPS) is 12.1. The summed E-state index contributed by atoms with van der Waals surface area (Å²) < 4.78 is 0. The Labute approximate surface area is 115 Å². The Morgan fingerprint density at radius 2 is 2.26 bits per heavy atom. The van der Waals surface area contributed by atoms with Gasteiger partial charge in [0.25, 0.3) is 0 Å². The van der Waals surface area contributed by atoms with Crippen LogP contribution in [0, 0.1) is 0 Å². The topological polar surface area (TPSA) is 75.3 Å². The second-order valence-corrected chi connectivity index (χ2v) is 5.21. The van der Waals surface area contributed by atoms with E-state index in [9.17, 15) is 4.79 Å². The maximum atomic E-state index is 11.0. The Morgan fingerprint density at radius 1 is 1.47 bits per heavy atom. The molecule has 1 atom stereocenters. The third-order valence-electron chi connectivity index (χ3n) is 2.92. The number of carboxylic acid groups (broad SMARTS) is 1. The summed E-state index contributed by atoms with van der Waals surface area (Å²) in [6, 6.07) is 8.91. The van der Waals surface area contributed by atoms with Crippen LogP contribution in [0.2, 0.25) is 0 Å². The van der Waals surface area contributed by atoms with Gasteiger partial charge in [-0.05, 0) is 36.1 Å². The molecule has 4 N–H and O–H groups in total. The molecule has 2 rings (SSSR count). The van der Waals surface area contributed by atoms with Crippen molar-refractivity contribution in [3.8, 4) is 0 Å². The van der Waals surface area contributed by atoms with Crippen LogP contribution < -0.4 is 11.1 Å². The smallest absolute Gasteiger partial charge is 0.335 e. The number of nitrogens with one attached hydrogen (secondary N) is 1. The molecular formula is C14H16N2O2S. The molecule has 0 bridgehead atoms. The van der Waals surface area contributed by atoms with E-state index in [1.54, 1.807) is 23.5 Å². The highest BCUT2D eigenvalue weighted by atomic mass is 32.1. The quantitative estimate of drug-likeness (QED) is 0.729. The first-order valence-electron chi connectivity index (χ1n) is 6.04. The lowest BCUT2D eigenvalue weighted by atomic mass is 10.1. The molecule has 0 saturated heterocycles. The van der Waals surface area contributed by atoms with E-state index in [0.717, 1.165) is 6.42 Å². The molecule has 4 nitrogen and oxygen atoms in total. The van der Waals surface area contributed by atoms with Crippen LogP contribution in [-0.2, 0) is 0 Å². The van der Waals surface area contributed by atoms with Gasteiger partial charge in [0.15, 0.2) is 0 Å². The Morgan fingerprint density at radius 3 is 2.84 bits per heavy atom. The first-order chi connectivity index (χ1) is 9.11. The van der Waals surface area contributed by atoms with E-state index in [-0.39, 0.29) is 11.6 Å². The minimum absolute atomic E-state index is 0.145. The molecule has 0 fully saturated rings. The summed E-state index contributed by atoms with van der Waals surface area (Å²) in [5.41, 5.74) is 7.35. The van der Waals surface area contributed by atoms with Gasteiger partial charge in [-0.15, -0.1) is 11.3 Å². The zero-order valence-corrected chi connectivity index (χ0v) is 11.4. The minimum Gasteiger partial charge on any atom is -0.478 e. The Balaban J connectivity index is 2.26.